The molecule has 0 fully saturated rings. The van der Waals surface area contributed by atoms with Gasteiger partial charge in [0.05, 0.1) is 28.8 Å². The number of halogens is 1. The molecule has 128 valence electrons. The third-order valence-electron chi connectivity index (χ3n) is 3.22. The van der Waals surface area contributed by atoms with Gasteiger partial charge in [-0.1, -0.05) is 19.9 Å². The number of nitrogens with one attached hydrogen (secondary N) is 2. The summed E-state index contributed by atoms with van der Waals surface area (Å²) in [6.07, 6.45) is 0. The number of carbonyl (C=O) groups excluding carboxylic acids is 2. The zero-order valence-corrected chi connectivity index (χ0v) is 14.0. The molecule has 0 heterocycles. The largest absolute Gasteiger partial charge is 0.346 e. The first-order chi connectivity index (χ1) is 10.2. The number of carbonyl (C=O) groups is 2. The molecule has 0 unspecified atom stereocenters. The van der Waals surface area contributed by atoms with E-state index in [1.54, 1.807) is 26.8 Å². The zero-order chi connectivity index (χ0) is 16.9. The third-order valence-corrected chi connectivity index (χ3v) is 3.22. The number of anilines is 1. The van der Waals surface area contributed by atoms with Crippen molar-refractivity contribution in [2.75, 3.05) is 11.9 Å². The van der Waals surface area contributed by atoms with Crippen molar-refractivity contribution in [2.24, 2.45) is 11.7 Å². The van der Waals surface area contributed by atoms with Gasteiger partial charge in [0.15, 0.2) is 0 Å². The van der Waals surface area contributed by atoms with Crippen molar-refractivity contribution in [2.45, 2.75) is 26.8 Å². The van der Waals surface area contributed by atoms with Crippen LogP contribution >= 0.6 is 12.4 Å². The smallest absolute Gasteiger partial charge is 0.274 e. The summed E-state index contributed by atoms with van der Waals surface area (Å²) in [6, 6.07) is 3.71. The minimum Gasteiger partial charge on any atom is -0.346 e. The lowest BCUT2D eigenvalue weighted by Gasteiger charge is -2.15. The number of rotatable bonds is 6. The zero-order valence-electron chi connectivity index (χ0n) is 13.2. The standard InChI is InChI=1S/C14H20N4O4.ClH/c1-8(2)13(15)14(20)16-7-12(19)17-10-5-4-6-11(9(10)3)18(21)22;/h4-6,8,13H,7,15H2,1-3H3,(H,16,20)(H,17,19);1H/t13-;/m0./s1. The molecule has 0 saturated heterocycles. The third kappa shape index (κ3) is 5.84. The van der Waals surface area contributed by atoms with Gasteiger partial charge in [0.2, 0.25) is 11.8 Å². The molecule has 1 rings (SSSR count). The molecule has 0 aromatic heterocycles. The van der Waals surface area contributed by atoms with E-state index in [2.05, 4.69) is 10.6 Å². The lowest BCUT2D eigenvalue weighted by Crippen LogP contribution is -2.46. The van der Waals surface area contributed by atoms with E-state index in [-0.39, 0.29) is 30.6 Å². The van der Waals surface area contributed by atoms with Crippen molar-refractivity contribution in [3.8, 4) is 0 Å². The van der Waals surface area contributed by atoms with E-state index in [9.17, 15) is 19.7 Å². The average Bonchev–Trinajstić information content (AvgIpc) is 2.45. The van der Waals surface area contributed by atoms with Crippen molar-refractivity contribution in [1.82, 2.24) is 5.32 Å². The summed E-state index contributed by atoms with van der Waals surface area (Å²) < 4.78 is 0. The molecule has 1 aromatic carbocycles. The summed E-state index contributed by atoms with van der Waals surface area (Å²) in [5.41, 5.74) is 6.27. The molecule has 9 heteroatoms. The Labute approximate surface area is 140 Å². The first kappa shape index (κ1) is 20.8. The monoisotopic (exact) mass is 344 g/mol. The Morgan fingerprint density at radius 1 is 1.35 bits per heavy atom. The highest BCUT2D eigenvalue weighted by Crippen LogP contribution is 2.24. The van der Waals surface area contributed by atoms with Gasteiger partial charge in [-0.2, -0.15) is 0 Å². The minimum absolute atomic E-state index is 0. The summed E-state index contributed by atoms with van der Waals surface area (Å²) >= 11 is 0. The number of amides is 2. The molecule has 0 aliphatic heterocycles. The van der Waals surface area contributed by atoms with Crippen LogP contribution in [0.25, 0.3) is 0 Å². The molecule has 0 spiro atoms. The molecular formula is C14H21ClN4O4. The van der Waals surface area contributed by atoms with Crippen molar-refractivity contribution in [3.05, 3.63) is 33.9 Å². The highest BCUT2D eigenvalue weighted by atomic mass is 35.5. The van der Waals surface area contributed by atoms with E-state index < -0.39 is 22.8 Å². The minimum atomic E-state index is -0.688. The second-order valence-corrected chi connectivity index (χ2v) is 5.24. The van der Waals surface area contributed by atoms with E-state index in [0.717, 1.165) is 0 Å². The first-order valence-electron chi connectivity index (χ1n) is 6.81. The molecule has 8 nitrogen and oxygen atoms in total. The molecule has 0 aliphatic carbocycles. The fourth-order valence-corrected chi connectivity index (χ4v) is 1.74. The average molecular weight is 345 g/mol. The highest BCUT2D eigenvalue weighted by molar-refractivity contribution is 5.96. The molecule has 0 radical (unpaired) electrons. The quantitative estimate of drug-likeness (QED) is 0.530. The highest BCUT2D eigenvalue weighted by Gasteiger charge is 2.18. The molecule has 4 N–H and O–H groups in total. The molecule has 0 aliphatic rings. The van der Waals surface area contributed by atoms with Crippen LogP contribution in [-0.4, -0.2) is 29.3 Å². The topological polar surface area (TPSA) is 127 Å². The predicted molar refractivity (Wildman–Crippen MR) is 89.5 cm³/mol. The second kappa shape index (κ2) is 9.06. The van der Waals surface area contributed by atoms with Gasteiger partial charge in [-0.05, 0) is 18.9 Å². The molecule has 0 bridgehead atoms. The Morgan fingerprint density at radius 2 is 1.96 bits per heavy atom. The number of nitrogens with zero attached hydrogens (tertiary/aromatic N) is 1. The number of nitro benzene ring substituents is 1. The van der Waals surface area contributed by atoms with E-state index in [1.165, 1.54) is 12.1 Å². The number of benzene rings is 1. The number of hydrogen-bond acceptors (Lipinski definition) is 5. The maximum absolute atomic E-state index is 11.8. The molecule has 1 atom stereocenters. The first-order valence-corrected chi connectivity index (χ1v) is 6.81. The van der Waals surface area contributed by atoms with Gasteiger partial charge in [0.1, 0.15) is 0 Å². The fraction of sp³-hybridized carbons (Fsp3) is 0.429. The van der Waals surface area contributed by atoms with Crippen LogP contribution in [0, 0.1) is 23.0 Å². The van der Waals surface area contributed by atoms with Gasteiger partial charge in [0, 0.05) is 6.07 Å². The van der Waals surface area contributed by atoms with Crippen LogP contribution in [0.3, 0.4) is 0 Å². The number of nitrogens with two attached hydrogens (primary N) is 1. The van der Waals surface area contributed by atoms with Crippen LogP contribution in [0.15, 0.2) is 18.2 Å². The van der Waals surface area contributed by atoms with Crippen LogP contribution in [0.2, 0.25) is 0 Å². The summed E-state index contributed by atoms with van der Waals surface area (Å²) in [5, 5.41) is 15.8. The number of hydrogen-bond donors (Lipinski definition) is 3. The SMILES string of the molecule is Cc1c(NC(=O)CNC(=O)[C@@H](N)C(C)C)cccc1[N+](=O)[O-].Cl. The van der Waals surface area contributed by atoms with E-state index in [0.29, 0.717) is 11.3 Å². The molecule has 23 heavy (non-hydrogen) atoms. The summed E-state index contributed by atoms with van der Waals surface area (Å²) in [7, 11) is 0. The van der Waals surface area contributed by atoms with Crippen LogP contribution in [0.4, 0.5) is 11.4 Å². The van der Waals surface area contributed by atoms with Gasteiger partial charge >= 0.3 is 0 Å². The Bertz CT molecular complexity index is 592. The lowest BCUT2D eigenvalue weighted by molar-refractivity contribution is -0.385. The Balaban J connectivity index is 0.00000484. The Morgan fingerprint density at radius 3 is 2.48 bits per heavy atom. The maximum atomic E-state index is 11.8. The van der Waals surface area contributed by atoms with Gasteiger partial charge in [-0.15, -0.1) is 12.4 Å². The van der Waals surface area contributed by atoms with Crippen LogP contribution in [0.1, 0.15) is 19.4 Å². The molecule has 0 saturated carbocycles. The van der Waals surface area contributed by atoms with E-state index >= 15 is 0 Å². The molecular weight excluding hydrogens is 324 g/mol. The number of nitro groups is 1. The van der Waals surface area contributed by atoms with Crippen molar-refractivity contribution in [1.29, 1.82) is 0 Å². The van der Waals surface area contributed by atoms with Gasteiger partial charge in [0.25, 0.3) is 5.69 Å². The predicted octanol–water partition coefficient (Wildman–Crippen LogP) is 1.36. The lowest BCUT2D eigenvalue weighted by atomic mass is 10.1. The summed E-state index contributed by atoms with van der Waals surface area (Å²) in [5.74, 6) is -0.934. The van der Waals surface area contributed by atoms with Crippen LogP contribution in [0.5, 0.6) is 0 Å². The fourth-order valence-electron chi connectivity index (χ4n) is 1.74. The Hall–Kier alpha value is -2.19. The van der Waals surface area contributed by atoms with Gasteiger partial charge in [-0.3, -0.25) is 19.7 Å². The maximum Gasteiger partial charge on any atom is 0.274 e. The van der Waals surface area contributed by atoms with Gasteiger partial charge in [-0.25, -0.2) is 0 Å². The normalized spacial score (nSPS) is 11.3. The van der Waals surface area contributed by atoms with E-state index in [1.807, 2.05) is 0 Å². The second-order valence-electron chi connectivity index (χ2n) is 5.24. The summed E-state index contributed by atoms with van der Waals surface area (Å²) in [4.78, 5) is 33.8. The molecule has 2 amide bonds. The van der Waals surface area contributed by atoms with Gasteiger partial charge < -0.3 is 16.4 Å². The molecule has 1 aromatic rings. The van der Waals surface area contributed by atoms with Crippen LogP contribution < -0.4 is 16.4 Å². The van der Waals surface area contributed by atoms with Crippen molar-refractivity contribution < 1.29 is 14.5 Å². The van der Waals surface area contributed by atoms with E-state index in [4.69, 9.17) is 5.73 Å². The van der Waals surface area contributed by atoms with Crippen LogP contribution in [-0.2, 0) is 9.59 Å². The summed E-state index contributed by atoms with van der Waals surface area (Å²) in [6.45, 7) is 4.90. The Kier molecular flexibility index (Phi) is 8.20. The van der Waals surface area contributed by atoms with Crippen molar-refractivity contribution in [3.63, 3.8) is 0 Å². The van der Waals surface area contributed by atoms with Crippen molar-refractivity contribution >= 4 is 35.6 Å².